The molecule has 1 aromatic heterocycles. The lowest BCUT2D eigenvalue weighted by Crippen LogP contribution is -2.24. The van der Waals surface area contributed by atoms with Gasteiger partial charge in [0.25, 0.3) is 5.91 Å². The molecule has 1 saturated heterocycles. The van der Waals surface area contributed by atoms with E-state index in [2.05, 4.69) is 15.5 Å². The number of nitrogens with one attached hydrogen (secondary N) is 1. The zero-order valence-electron chi connectivity index (χ0n) is 17.3. The van der Waals surface area contributed by atoms with E-state index in [9.17, 15) is 18.0 Å². The predicted molar refractivity (Wildman–Crippen MR) is 115 cm³/mol. The van der Waals surface area contributed by atoms with Crippen LogP contribution in [0, 0.1) is 0 Å². The molecule has 0 aliphatic carbocycles. The molecule has 1 aliphatic rings. The van der Waals surface area contributed by atoms with Gasteiger partial charge < -0.3 is 14.1 Å². The summed E-state index contributed by atoms with van der Waals surface area (Å²) in [5, 5.41) is 10.4. The molecule has 10 nitrogen and oxygen atoms in total. The fourth-order valence-corrected chi connectivity index (χ4v) is 4.07. The number of hydrogen-bond donors (Lipinski definition) is 1. The van der Waals surface area contributed by atoms with E-state index in [0.29, 0.717) is 23.5 Å². The average molecular weight is 456 g/mol. The van der Waals surface area contributed by atoms with Crippen LogP contribution in [0.2, 0.25) is 0 Å². The number of nitrogens with zero attached hydrogens (tertiary/aromatic N) is 3. The molecular formula is C21H20N4O6S. The van der Waals surface area contributed by atoms with E-state index in [4.69, 9.17) is 9.15 Å². The van der Waals surface area contributed by atoms with E-state index in [-0.39, 0.29) is 35.0 Å². The summed E-state index contributed by atoms with van der Waals surface area (Å²) in [6.45, 7) is 0.291. The first-order valence-electron chi connectivity index (χ1n) is 9.64. The van der Waals surface area contributed by atoms with E-state index in [1.54, 1.807) is 36.4 Å². The first-order valence-corrected chi connectivity index (χ1v) is 11.5. The van der Waals surface area contributed by atoms with Crippen LogP contribution < -0.4 is 15.0 Å². The average Bonchev–Trinajstić information content (AvgIpc) is 3.39. The molecule has 0 spiro atoms. The molecule has 4 rings (SSSR count). The second-order valence-corrected chi connectivity index (χ2v) is 9.29. The summed E-state index contributed by atoms with van der Waals surface area (Å²) >= 11 is 0. The molecule has 0 radical (unpaired) electrons. The summed E-state index contributed by atoms with van der Waals surface area (Å²) in [7, 11) is -1.85. The molecule has 1 aliphatic heterocycles. The zero-order valence-corrected chi connectivity index (χ0v) is 18.1. The van der Waals surface area contributed by atoms with Crippen LogP contribution in [0.4, 0.5) is 11.7 Å². The fourth-order valence-electron chi connectivity index (χ4n) is 3.44. The molecule has 1 N–H and O–H groups in total. The van der Waals surface area contributed by atoms with Gasteiger partial charge in [-0.05, 0) is 36.4 Å². The van der Waals surface area contributed by atoms with Crippen molar-refractivity contribution in [3.63, 3.8) is 0 Å². The predicted octanol–water partition coefficient (Wildman–Crippen LogP) is 2.25. The Hall–Kier alpha value is -3.73. The summed E-state index contributed by atoms with van der Waals surface area (Å²) in [5.41, 5.74) is 0.892. The van der Waals surface area contributed by atoms with Gasteiger partial charge in [-0.1, -0.05) is 17.2 Å². The SMILES string of the molecule is COc1ccccc1C(=O)Nc1nnc([C@H]2CC(=O)N(c3ccc(S(C)(=O)=O)cc3)C2)o1. The van der Waals surface area contributed by atoms with Gasteiger partial charge in [0.2, 0.25) is 11.8 Å². The van der Waals surface area contributed by atoms with Gasteiger partial charge in [0.15, 0.2) is 9.84 Å². The van der Waals surface area contributed by atoms with Crippen LogP contribution in [-0.4, -0.2) is 50.3 Å². The van der Waals surface area contributed by atoms with E-state index in [1.807, 2.05) is 0 Å². The molecule has 1 fully saturated rings. The van der Waals surface area contributed by atoms with E-state index < -0.39 is 15.7 Å². The van der Waals surface area contributed by atoms with Crippen LogP contribution in [0.15, 0.2) is 57.8 Å². The van der Waals surface area contributed by atoms with Crippen molar-refractivity contribution in [1.82, 2.24) is 10.2 Å². The Bertz CT molecular complexity index is 1270. The summed E-state index contributed by atoms with van der Waals surface area (Å²) < 4.78 is 34.0. The third-order valence-corrected chi connectivity index (χ3v) is 6.19. The van der Waals surface area contributed by atoms with Crippen molar-refractivity contribution in [3.8, 4) is 5.75 Å². The summed E-state index contributed by atoms with van der Waals surface area (Å²) in [6.07, 6.45) is 1.27. The van der Waals surface area contributed by atoms with Crippen molar-refractivity contribution in [2.75, 3.05) is 30.1 Å². The molecule has 11 heteroatoms. The van der Waals surface area contributed by atoms with Gasteiger partial charge in [0, 0.05) is 24.9 Å². The molecule has 1 atom stereocenters. The number of carbonyl (C=O) groups excluding carboxylic acids is 2. The van der Waals surface area contributed by atoms with Crippen LogP contribution in [0.5, 0.6) is 5.75 Å². The molecule has 3 aromatic rings. The number of rotatable bonds is 6. The lowest BCUT2D eigenvalue weighted by atomic mass is 10.1. The number of carbonyl (C=O) groups is 2. The highest BCUT2D eigenvalue weighted by Gasteiger charge is 2.35. The van der Waals surface area contributed by atoms with Gasteiger partial charge in [0.1, 0.15) is 5.75 Å². The lowest BCUT2D eigenvalue weighted by Gasteiger charge is -2.16. The number of amides is 2. The van der Waals surface area contributed by atoms with E-state index >= 15 is 0 Å². The minimum Gasteiger partial charge on any atom is -0.496 e. The van der Waals surface area contributed by atoms with Gasteiger partial charge in [-0.25, -0.2) is 8.42 Å². The van der Waals surface area contributed by atoms with Crippen molar-refractivity contribution in [2.45, 2.75) is 17.2 Å². The highest BCUT2D eigenvalue weighted by molar-refractivity contribution is 7.90. The standard InChI is InChI=1S/C21H20N4O6S/c1-30-17-6-4-3-5-16(17)19(27)22-21-24-23-20(31-21)13-11-18(26)25(12-13)14-7-9-15(10-8-14)32(2,28)29/h3-10,13H,11-12H2,1-2H3,(H,22,24,27)/t13-/m0/s1. The summed E-state index contributed by atoms with van der Waals surface area (Å²) in [5.74, 6) is -0.346. The third kappa shape index (κ3) is 4.33. The number of anilines is 2. The number of benzene rings is 2. The zero-order chi connectivity index (χ0) is 22.9. The van der Waals surface area contributed by atoms with Crippen molar-refractivity contribution < 1.29 is 27.2 Å². The van der Waals surface area contributed by atoms with Crippen LogP contribution in [0.25, 0.3) is 0 Å². The monoisotopic (exact) mass is 456 g/mol. The Balaban J connectivity index is 1.46. The van der Waals surface area contributed by atoms with Crippen molar-refractivity contribution in [1.29, 1.82) is 0 Å². The van der Waals surface area contributed by atoms with Crippen LogP contribution in [-0.2, 0) is 14.6 Å². The fraction of sp³-hybridized carbons (Fsp3) is 0.238. The van der Waals surface area contributed by atoms with Gasteiger partial charge in [-0.2, -0.15) is 0 Å². The number of aromatic nitrogens is 2. The molecule has 0 unspecified atom stereocenters. The molecule has 32 heavy (non-hydrogen) atoms. The van der Waals surface area contributed by atoms with Crippen LogP contribution in [0.1, 0.15) is 28.6 Å². The largest absolute Gasteiger partial charge is 0.496 e. The molecule has 2 amide bonds. The Labute approximate surface area is 184 Å². The number of sulfone groups is 1. The molecule has 2 heterocycles. The first kappa shape index (κ1) is 21.5. The number of hydrogen-bond acceptors (Lipinski definition) is 8. The van der Waals surface area contributed by atoms with Gasteiger partial charge >= 0.3 is 6.01 Å². The van der Waals surface area contributed by atoms with Crippen molar-refractivity contribution in [3.05, 3.63) is 60.0 Å². The Morgan fingerprint density at radius 1 is 1.16 bits per heavy atom. The smallest absolute Gasteiger partial charge is 0.322 e. The lowest BCUT2D eigenvalue weighted by molar-refractivity contribution is -0.117. The maximum absolute atomic E-state index is 12.5. The van der Waals surface area contributed by atoms with Crippen molar-refractivity contribution in [2.24, 2.45) is 0 Å². The highest BCUT2D eigenvalue weighted by Crippen LogP contribution is 2.32. The maximum atomic E-state index is 12.5. The number of methoxy groups -OCH3 is 1. The molecule has 166 valence electrons. The second-order valence-electron chi connectivity index (χ2n) is 7.27. The quantitative estimate of drug-likeness (QED) is 0.597. The highest BCUT2D eigenvalue weighted by atomic mass is 32.2. The third-order valence-electron chi connectivity index (χ3n) is 5.06. The van der Waals surface area contributed by atoms with Crippen LogP contribution in [0.3, 0.4) is 0 Å². The minimum absolute atomic E-state index is 0.0840. The van der Waals surface area contributed by atoms with E-state index in [1.165, 1.54) is 24.1 Å². The van der Waals surface area contributed by atoms with Gasteiger partial charge in [0.05, 0.1) is 23.5 Å². The number of ether oxygens (including phenoxy) is 1. The Kier molecular flexibility index (Phi) is 5.66. The molecule has 0 bridgehead atoms. The topological polar surface area (TPSA) is 132 Å². The Morgan fingerprint density at radius 2 is 1.88 bits per heavy atom. The molecule has 0 saturated carbocycles. The van der Waals surface area contributed by atoms with Crippen molar-refractivity contribution >= 4 is 33.4 Å². The Morgan fingerprint density at radius 3 is 2.56 bits per heavy atom. The van der Waals surface area contributed by atoms with E-state index in [0.717, 1.165) is 6.26 Å². The first-order chi connectivity index (χ1) is 15.3. The molecular weight excluding hydrogens is 436 g/mol. The van der Waals surface area contributed by atoms with Gasteiger partial charge in [-0.3, -0.25) is 14.9 Å². The minimum atomic E-state index is -3.32. The van der Waals surface area contributed by atoms with Gasteiger partial charge in [-0.15, -0.1) is 5.10 Å². The second kappa shape index (κ2) is 8.42. The summed E-state index contributed by atoms with van der Waals surface area (Å²) in [4.78, 5) is 26.7. The van der Waals surface area contributed by atoms with Crippen LogP contribution >= 0.6 is 0 Å². The summed E-state index contributed by atoms with van der Waals surface area (Å²) in [6, 6.07) is 12.7. The normalized spacial score (nSPS) is 16.2. The number of para-hydroxylation sites is 1. The molecule has 2 aromatic carbocycles. The maximum Gasteiger partial charge on any atom is 0.322 e.